The van der Waals surface area contributed by atoms with E-state index in [0.29, 0.717) is 6.54 Å². The van der Waals surface area contributed by atoms with E-state index in [0.717, 1.165) is 50.5 Å². The quantitative estimate of drug-likeness (QED) is 0.801. The standard InChI is InChI=1S/C19H28N6O/c1-19(2,3)17-4-5-18(26)25(22-17)11-10-23-6-8-24(9-7-23)14-16-12-20-15-21-13-16/h4-5,12-13,15H,6-11,14H2,1-3H3. The molecule has 1 aliphatic rings. The van der Waals surface area contributed by atoms with Gasteiger partial charge in [0.15, 0.2) is 0 Å². The van der Waals surface area contributed by atoms with Crippen molar-refractivity contribution in [3.8, 4) is 0 Å². The Kier molecular flexibility index (Phi) is 5.78. The van der Waals surface area contributed by atoms with E-state index in [1.807, 2.05) is 18.5 Å². The van der Waals surface area contributed by atoms with Gasteiger partial charge in [-0.25, -0.2) is 14.6 Å². The topological polar surface area (TPSA) is 67.2 Å². The van der Waals surface area contributed by atoms with E-state index in [-0.39, 0.29) is 11.0 Å². The summed E-state index contributed by atoms with van der Waals surface area (Å²) in [6.07, 6.45) is 5.31. The fourth-order valence-electron chi connectivity index (χ4n) is 3.09. The minimum atomic E-state index is -0.0533. The molecule has 3 heterocycles. The molecule has 7 nitrogen and oxygen atoms in total. The van der Waals surface area contributed by atoms with Crippen LogP contribution in [0, 0.1) is 0 Å². The summed E-state index contributed by atoms with van der Waals surface area (Å²) in [6, 6.07) is 3.47. The second-order valence-electron chi connectivity index (χ2n) is 7.89. The molecule has 0 N–H and O–H groups in total. The first-order valence-corrected chi connectivity index (χ1v) is 9.19. The van der Waals surface area contributed by atoms with Gasteiger partial charge in [-0.1, -0.05) is 20.8 Å². The molecule has 140 valence electrons. The third-order valence-electron chi connectivity index (χ3n) is 4.75. The maximum absolute atomic E-state index is 12.1. The van der Waals surface area contributed by atoms with Crippen molar-refractivity contribution in [1.82, 2.24) is 29.5 Å². The number of nitrogens with zero attached hydrogens (tertiary/aromatic N) is 6. The lowest BCUT2D eigenvalue weighted by Crippen LogP contribution is -2.47. The second-order valence-corrected chi connectivity index (χ2v) is 7.89. The molecule has 0 amide bonds. The fourth-order valence-corrected chi connectivity index (χ4v) is 3.09. The Morgan fingerprint density at radius 2 is 1.62 bits per heavy atom. The van der Waals surface area contributed by atoms with Gasteiger partial charge in [0.25, 0.3) is 5.56 Å². The summed E-state index contributed by atoms with van der Waals surface area (Å²) in [5.41, 5.74) is 2.02. The number of hydrogen-bond donors (Lipinski definition) is 0. The minimum Gasteiger partial charge on any atom is -0.299 e. The molecule has 2 aromatic rings. The van der Waals surface area contributed by atoms with E-state index in [1.165, 1.54) is 0 Å². The lowest BCUT2D eigenvalue weighted by atomic mass is 9.92. The van der Waals surface area contributed by atoms with Gasteiger partial charge in [-0.05, 0) is 6.07 Å². The largest absolute Gasteiger partial charge is 0.299 e. The van der Waals surface area contributed by atoms with Gasteiger partial charge in [0.05, 0.1) is 12.2 Å². The Bertz CT molecular complexity index is 760. The molecule has 7 heteroatoms. The molecule has 26 heavy (non-hydrogen) atoms. The number of aromatic nitrogens is 4. The molecule has 0 radical (unpaired) electrons. The molecule has 0 unspecified atom stereocenters. The zero-order chi connectivity index (χ0) is 18.6. The van der Waals surface area contributed by atoms with Gasteiger partial charge in [-0.2, -0.15) is 5.10 Å². The summed E-state index contributed by atoms with van der Waals surface area (Å²) >= 11 is 0. The van der Waals surface area contributed by atoms with Crippen LogP contribution >= 0.6 is 0 Å². The molecule has 0 spiro atoms. The predicted octanol–water partition coefficient (Wildman–Crippen LogP) is 1.15. The van der Waals surface area contributed by atoms with Gasteiger partial charge >= 0.3 is 0 Å². The van der Waals surface area contributed by atoms with Crippen LogP contribution in [0.5, 0.6) is 0 Å². The van der Waals surface area contributed by atoms with E-state index < -0.39 is 0 Å². The monoisotopic (exact) mass is 356 g/mol. The molecule has 0 saturated carbocycles. The first kappa shape index (κ1) is 18.7. The van der Waals surface area contributed by atoms with Crippen molar-refractivity contribution in [3.63, 3.8) is 0 Å². The van der Waals surface area contributed by atoms with Gasteiger partial charge < -0.3 is 0 Å². The average molecular weight is 356 g/mol. The highest BCUT2D eigenvalue weighted by Crippen LogP contribution is 2.18. The van der Waals surface area contributed by atoms with Gasteiger partial charge in [-0.3, -0.25) is 14.6 Å². The zero-order valence-electron chi connectivity index (χ0n) is 15.9. The maximum atomic E-state index is 12.1. The predicted molar refractivity (Wildman–Crippen MR) is 101 cm³/mol. The van der Waals surface area contributed by atoms with Crippen LogP contribution < -0.4 is 5.56 Å². The highest BCUT2D eigenvalue weighted by molar-refractivity contribution is 5.10. The summed E-state index contributed by atoms with van der Waals surface area (Å²) in [5, 5.41) is 4.55. The van der Waals surface area contributed by atoms with Crippen molar-refractivity contribution < 1.29 is 0 Å². The molecular formula is C19H28N6O. The zero-order valence-corrected chi connectivity index (χ0v) is 15.9. The Morgan fingerprint density at radius 3 is 2.27 bits per heavy atom. The van der Waals surface area contributed by atoms with Crippen LogP contribution in [-0.4, -0.2) is 62.3 Å². The molecular weight excluding hydrogens is 328 g/mol. The van der Waals surface area contributed by atoms with Gasteiger partial charge in [0.2, 0.25) is 0 Å². The number of piperazine rings is 1. The molecule has 2 aromatic heterocycles. The van der Waals surface area contributed by atoms with E-state index in [4.69, 9.17) is 0 Å². The van der Waals surface area contributed by atoms with Crippen molar-refractivity contribution in [1.29, 1.82) is 0 Å². The molecule has 1 saturated heterocycles. The van der Waals surface area contributed by atoms with Crippen molar-refractivity contribution >= 4 is 0 Å². The third-order valence-corrected chi connectivity index (χ3v) is 4.75. The van der Waals surface area contributed by atoms with Crippen LogP contribution in [0.25, 0.3) is 0 Å². The van der Waals surface area contributed by atoms with Gasteiger partial charge in [0.1, 0.15) is 6.33 Å². The van der Waals surface area contributed by atoms with Crippen molar-refractivity contribution in [2.75, 3.05) is 32.7 Å². The highest BCUT2D eigenvalue weighted by Gasteiger charge is 2.19. The SMILES string of the molecule is CC(C)(C)c1ccc(=O)n(CCN2CCN(Cc3cncnc3)CC2)n1. The van der Waals surface area contributed by atoms with Crippen LogP contribution in [-0.2, 0) is 18.5 Å². The average Bonchev–Trinajstić information content (AvgIpc) is 2.62. The van der Waals surface area contributed by atoms with Crippen molar-refractivity contribution in [3.05, 3.63) is 52.5 Å². The van der Waals surface area contributed by atoms with E-state index in [9.17, 15) is 4.79 Å². The Labute approximate surface area is 154 Å². The lowest BCUT2D eigenvalue weighted by Gasteiger charge is -2.34. The van der Waals surface area contributed by atoms with E-state index in [2.05, 4.69) is 45.6 Å². The summed E-state index contributed by atoms with van der Waals surface area (Å²) in [7, 11) is 0. The number of hydrogen-bond acceptors (Lipinski definition) is 6. The second kappa shape index (κ2) is 8.05. The van der Waals surface area contributed by atoms with Crippen LogP contribution in [0.4, 0.5) is 0 Å². The molecule has 1 aliphatic heterocycles. The third kappa shape index (κ3) is 4.95. The van der Waals surface area contributed by atoms with Crippen LogP contribution in [0.15, 0.2) is 35.6 Å². The molecule has 1 fully saturated rings. The van der Waals surface area contributed by atoms with E-state index in [1.54, 1.807) is 17.1 Å². The summed E-state index contributed by atoms with van der Waals surface area (Å²) in [5.74, 6) is 0. The normalized spacial score (nSPS) is 16.7. The molecule has 0 aromatic carbocycles. The van der Waals surface area contributed by atoms with Gasteiger partial charge in [0, 0.05) is 68.7 Å². The van der Waals surface area contributed by atoms with Gasteiger partial charge in [-0.15, -0.1) is 0 Å². The first-order valence-electron chi connectivity index (χ1n) is 9.19. The maximum Gasteiger partial charge on any atom is 0.266 e. The van der Waals surface area contributed by atoms with Crippen LogP contribution in [0.2, 0.25) is 0 Å². The minimum absolute atomic E-state index is 0.0271. The van der Waals surface area contributed by atoms with Crippen molar-refractivity contribution in [2.45, 2.75) is 39.3 Å². The highest BCUT2D eigenvalue weighted by atomic mass is 16.1. The Balaban J connectivity index is 1.50. The summed E-state index contributed by atoms with van der Waals surface area (Å²) in [6.45, 7) is 12.7. The molecule has 0 bridgehead atoms. The molecule has 0 aliphatic carbocycles. The Morgan fingerprint density at radius 1 is 0.962 bits per heavy atom. The molecule has 0 atom stereocenters. The van der Waals surface area contributed by atoms with E-state index >= 15 is 0 Å². The Hall–Kier alpha value is -2.12. The fraction of sp³-hybridized carbons (Fsp3) is 0.579. The summed E-state index contributed by atoms with van der Waals surface area (Å²) in [4.78, 5) is 25.0. The lowest BCUT2D eigenvalue weighted by molar-refractivity contribution is 0.122. The number of rotatable bonds is 5. The summed E-state index contributed by atoms with van der Waals surface area (Å²) < 4.78 is 1.61. The first-order chi connectivity index (χ1) is 12.4. The van der Waals surface area contributed by atoms with Crippen LogP contribution in [0.3, 0.4) is 0 Å². The van der Waals surface area contributed by atoms with Crippen molar-refractivity contribution in [2.24, 2.45) is 0 Å². The smallest absolute Gasteiger partial charge is 0.266 e. The van der Waals surface area contributed by atoms with Crippen LogP contribution in [0.1, 0.15) is 32.0 Å². The molecule has 3 rings (SSSR count).